The normalized spacial score (nSPS) is 19.3. The molecule has 0 atom stereocenters. The molecular weight excluding hydrogens is 353 g/mol. The fourth-order valence-corrected chi connectivity index (χ4v) is 7.11. The third kappa shape index (κ3) is 6.93. The minimum Gasteiger partial charge on any atom is -0.298 e. The second-order valence-electron chi connectivity index (χ2n) is 3.72. The molecule has 1 aliphatic heterocycles. The summed E-state index contributed by atoms with van der Waals surface area (Å²) < 4.78 is 92.0. The maximum absolute atomic E-state index is 12.2. The van der Waals surface area contributed by atoms with Crippen LogP contribution in [-0.4, -0.2) is 41.4 Å². The maximum Gasteiger partial charge on any atom is 0.412 e. The molecular formula is C8H11F6O3PS2. The smallest absolute Gasteiger partial charge is 0.298 e. The van der Waals surface area contributed by atoms with Crippen molar-refractivity contribution in [3.8, 4) is 0 Å². The van der Waals surface area contributed by atoms with Crippen LogP contribution in [0.4, 0.5) is 26.3 Å². The van der Waals surface area contributed by atoms with Crippen molar-refractivity contribution in [1.29, 1.82) is 0 Å². The van der Waals surface area contributed by atoms with Crippen molar-refractivity contribution in [2.45, 2.75) is 23.1 Å². The lowest BCUT2D eigenvalue weighted by Gasteiger charge is -2.29. The molecule has 1 aliphatic rings. The summed E-state index contributed by atoms with van der Waals surface area (Å²) >= 11 is 1.97. The molecule has 120 valence electrons. The first kappa shape index (κ1) is 18.5. The highest BCUT2D eigenvalue weighted by molar-refractivity contribution is 8.24. The molecule has 12 heteroatoms. The summed E-state index contributed by atoms with van der Waals surface area (Å²) in [6, 6.07) is 0. The number of thioether (sulfide) groups is 2. The lowest BCUT2D eigenvalue weighted by atomic mass is 10.6. The molecule has 0 aromatic rings. The van der Waals surface area contributed by atoms with Crippen LogP contribution < -0.4 is 0 Å². The van der Waals surface area contributed by atoms with Gasteiger partial charge in [-0.05, 0) is 17.9 Å². The molecule has 1 saturated heterocycles. The number of hydrogen-bond acceptors (Lipinski definition) is 5. The van der Waals surface area contributed by atoms with Crippen LogP contribution in [0, 0.1) is 0 Å². The van der Waals surface area contributed by atoms with E-state index in [1.54, 1.807) is 0 Å². The Labute approximate surface area is 119 Å². The highest BCUT2D eigenvalue weighted by Gasteiger charge is 2.44. The Morgan fingerprint density at radius 3 is 1.70 bits per heavy atom. The molecule has 0 spiro atoms. The lowest BCUT2D eigenvalue weighted by molar-refractivity contribution is -0.165. The van der Waals surface area contributed by atoms with Gasteiger partial charge in [0, 0.05) is 0 Å². The van der Waals surface area contributed by atoms with Crippen molar-refractivity contribution in [2.24, 2.45) is 0 Å². The second kappa shape index (κ2) is 7.13. The van der Waals surface area contributed by atoms with Crippen LogP contribution in [0.5, 0.6) is 0 Å². The molecule has 0 saturated carbocycles. The van der Waals surface area contributed by atoms with Gasteiger partial charge in [-0.2, -0.15) is 26.3 Å². The van der Waals surface area contributed by atoms with Gasteiger partial charge in [-0.15, -0.1) is 23.5 Å². The average Bonchev–Trinajstić information content (AvgIpc) is 2.33. The van der Waals surface area contributed by atoms with Crippen LogP contribution in [0.3, 0.4) is 0 Å². The van der Waals surface area contributed by atoms with Crippen LogP contribution in [0.2, 0.25) is 0 Å². The molecule has 3 nitrogen and oxygen atoms in total. The maximum atomic E-state index is 12.2. The van der Waals surface area contributed by atoms with Crippen molar-refractivity contribution >= 4 is 31.1 Å². The molecule has 1 heterocycles. The highest BCUT2D eigenvalue weighted by atomic mass is 32.2. The van der Waals surface area contributed by atoms with E-state index < -0.39 is 37.5 Å². The van der Waals surface area contributed by atoms with E-state index in [4.69, 9.17) is 0 Å². The molecule has 0 N–H and O–H groups in total. The molecule has 0 aromatic heterocycles. The summed E-state index contributed by atoms with van der Waals surface area (Å²) in [5.74, 6) is 0.957. The second-order valence-corrected chi connectivity index (χ2v) is 9.25. The van der Waals surface area contributed by atoms with Gasteiger partial charge in [0.2, 0.25) is 0 Å². The van der Waals surface area contributed by atoms with Gasteiger partial charge < -0.3 is 0 Å². The summed E-state index contributed by atoms with van der Waals surface area (Å²) in [4.78, 5) is 0. The molecule has 1 fully saturated rings. The summed E-state index contributed by atoms with van der Waals surface area (Å²) in [5, 5.41) is 0. The first-order chi connectivity index (χ1) is 9.02. The zero-order valence-electron chi connectivity index (χ0n) is 9.87. The summed E-state index contributed by atoms with van der Waals surface area (Å²) in [6.45, 7) is -3.81. The number of hydrogen-bond donors (Lipinski definition) is 0. The number of rotatable bonds is 5. The molecule has 0 amide bonds. The van der Waals surface area contributed by atoms with E-state index in [0.29, 0.717) is 11.5 Å². The van der Waals surface area contributed by atoms with Crippen LogP contribution in [0.15, 0.2) is 0 Å². The predicted octanol–water partition coefficient (Wildman–Crippen LogP) is 4.49. The van der Waals surface area contributed by atoms with Crippen LogP contribution in [0.25, 0.3) is 0 Å². The van der Waals surface area contributed by atoms with Gasteiger partial charge in [0.15, 0.2) is 17.5 Å². The third-order valence-electron chi connectivity index (χ3n) is 1.88. The predicted molar refractivity (Wildman–Crippen MR) is 64.9 cm³/mol. The first-order valence-electron chi connectivity index (χ1n) is 5.27. The fraction of sp³-hybridized carbons (Fsp3) is 1.00. The number of halogens is 6. The summed E-state index contributed by atoms with van der Waals surface area (Å²) in [7, 11) is -4.50. The minimum atomic E-state index is -4.79. The first-order valence-corrected chi connectivity index (χ1v) is 8.98. The average molecular weight is 364 g/mol. The molecule has 0 aliphatic carbocycles. The number of alkyl halides is 6. The summed E-state index contributed by atoms with van der Waals surface area (Å²) in [6.07, 6.45) is -8.85. The Balaban J connectivity index is 2.73. The van der Waals surface area contributed by atoms with Crippen molar-refractivity contribution in [2.75, 3.05) is 24.7 Å². The van der Waals surface area contributed by atoms with Crippen LogP contribution in [-0.2, 0) is 13.6 Å². The largest absolute Gasteiger partial charge is 0.412 e. The minimum absolute atomic E-state index is 0.479. The van der Waals surface area contributed by atoms with Gasteiger partial charge in [-0.1, -0.05) is 0 Å². The molecule has 0 bridgehead atoms. The zero-order valence-corrected chi connectivity index (χ0v) is 12.4. The van der Waals surface area contributed by atoms with Crippen LogP contribution >= 0.6 is 31.1 Å². The van der Waals surface area contributed by atoms with Crippen molar-refractivity contribution in [3.05, 3.63) is 0 Å². The van der Waals surface area contributed by atoms with E-state index in [1.165, 1.54) is 0 Å². The van der Waals surface area contributed by atoms with Gasteiger partial charge in [0.05, 0.1) is 0 Å². The zero-order chi connectivity index (χ0) is 15.4. The molecule has 0 aromatic carbocycles. The van der Waals surface area contributed by atoms with Crippen LogP contribution in [0.1, 0.15) is 6.42 Å². The van der Waals surface area contributed by atoms with Gasteiger partial charge in [-0.3, -0.25) is 13.6 Å². The third-order valence-corrected chi connectivity index (χ3v) is 8.26. The monoisotopic (exact) mass is 364 g/mol. The molecule has 1 rings (SSSR count). The Morgan fingerprint density at radius 1 is 0.950 bits per heavy atom. The Kier molecular flexibility index (Phi) is 6.59. The van der Waals surface area contributed by atoms with E-state index in [9.17, 15) is 30.9 Å². The SMILES string of the molecule is O=P(OCC(F)(F)F)(OCC(F)(F)F)C1SCCCS1. The van der Waals surface area contributed by atoms with E-state index in [0.717, 1.165) is 29.9 Å². The lowest BCUT2D eigenvalue weighted by Crippen LogP contribution is -2.23. The van der Waals surface area contributed by atoms with Gasteiger partial charge >= 0.3 is 19.9 Å². The van der Waals surface area contributed by atoms with Gasteiger partial charge in [-0.25, -0.2) is 0 Å². The van der Waals surface area contributed by atoms with Crippen molar-refractivity contribution in [3.63, 3.8) is 0 Å². The quantitative estimate of drug-likeness (QED) is 0.531. The highest BCUT2D eigenvalue weighted by Crippen LogP contribution is 2.63. The van der Waals surface area contributed by atoms with E-state index >= 15 is 0 Å². The molecule has 0 unspecified atom stereocenters. The van der Waals surface area contributed by atoms with Crippen molar-refractivity contribution < 1.29 is 40.0 Å². The van der Waals surface area contributed by atoms with E-state index in [-0.39, 0.29) is 0 Å². The Hall–Kier alpha value is 0.430. The Morgan fingerprint density at radius 2 is 1.35 bits per heavy atom. The molecule has 0 radical (unpaired) electrons. The summed E-state index contributed by atoms with van der Waals surface area (Å²) in [5.41, 5.74) is 0. The molecule has 20 heavy (non-hydrogen) atoms. The Bertz CT molecular complexity index is 333. The van der Waals surface area contributed by atoms with Crippen molar-refractivity contribution in [1.82, 2.24) is 0 Å². The van der Waals surface area contributed by atoms with Gasteiger partial charge in [0.1, 0.15) is 0 Å². The van der Waals surface area contributed by atoms with E-state index in [2.05, 4.69) is 9.05 Å². The van der Waals surface area contributed by atoms with Gasteiger partial charge in [0.25, 0.3) is 0 Å². The topological polar surface area (TPSA) is 35.5 Å². The van der Waals surface area contributed by atoms with E-state index in [1.807, 2.05) is 0 Å². The standard InChI is InChI=1S/C8H11F6O3PS2/c9-7(10,11)4-16-18(15,17-5-8(12,13)14)6-19-2-1-3-20-6/h6H,1-5H2. The fourth-order valence-electron chi connectivity index (χ4n) is 1.14.